The monoisotopic (exact) mass is 285 g/mol. The molecule has 0 fully saturated rings. The van der Waals surface area contributed by atoms with Gasteiger partial charge in [-0.25, -0.2) is 0 Å². The summed E-state index contributed by atoms with van der Waals surface area (Å²) in [6, 6.07) is 5.67. The SMILES string of the molecule is CCCCOC(=O)C[S@@](=O)c1ccccc1[N+](=O)[O-]. The average molecular weight is 285 g/mol. The Hall–Kier alpha value is -1.76. The molecule has 0 N–H and O–H groups in total. The summed E-state index contributed by atoms with van der Waals surface area (Å²) in [6.07, 6.45) is 1.63. The molecule has 0 aliphatic heterocycles. The molecule has 0 aliphatic rings. The molecule has 1 aromatic rings. The van der Waals surface area contributed by atoms with E-state index in [1.54, 1.807) is 6.07 Å². The summed E-state index contributed by atoms with van der Waals surface area (Å²) in [6.45, 7) is 2.24. The molecule has 7 heteroatoms. The molecule has 1 aromatic carbocycles. The Labute approximate surface area is 113 Å². The number of esters is 1. The molecule has 0 saturated carbocycles. The Balaban J connectivity index is 2.68. The zero-order chi connectivity index (χ0) is 14.3. The smallest absolute Gasteiger partial charge is 0.318 e. The molecule has 0 aliphatic carbocycles. The van der Waals surface area contributed by atoms with Crippen molar-refractivity contribution in [2.45, 2.75) is 24.7 Å². The fraction of sp³-hybridized carbons (Fsp3) is 0.417. The number of benzene rings is 1. The summed E-state index contributed by atoms with van der Waals surface area (Å²) in [5, 5.41) is 10.8. The molecule has 1 atom stereocenters. The van der Waals surface area contributed by atoms with Crippen molar-refractivity contribution in [2.75, 3.05) is 12.4 Å². The first-order valence-electron chi connectivity index (χ1n) is 5.83. The van der Waals surface area contributed by atoms with E-state index in [4.69, 9.17) is 4.74 Å². The summed E-state index contributed by atoms with van der Waals surface area (Å²) < 4.78 is 16.8. The third kappa shape index (κ3) is 4.78. The van der Waals surface area contributed by atoms with Gasteiger partial charge in [-0.05, 0) is 12.5 Å². The summed E-state index contributed by atoms with van der Waals surface area (Å²) in [7, 11) is -1.77. The van der Waals surface area contributed by atoms with Crippen LogP contribution in [-0.4, -0.2) is 27.5 Å². The van der Waals surface area contributed by atoms with Crippen LogP contribution in [0.5, 0.6) is 0 Å². The minimum absolute atomic E-state index is 0.0416. The molecular weight excluding hydrogens is 270 g/mol. The molecule has 0 amide bonds. The Bertz CT molecular complexity index is 489. The first-order chi connectivity index (χ1) is 9.06. The van der Waals surface area contributed by atoms with Crippen LogP contribution in [0.15, 0.2) is 29.2 Å². The van der Waals surface area contributed by atoms with Crippen molar-refractivity contribution in [1.82, 2.24) is 0 Å². The fourth-order valence-corrected chi connectivity index (χ4v) is 2.42. The highest BCUT2D eigenvalue weighted by atomic mass is 32.2. The van der Waals surface area contributed by atoms with Crippen LogP contribution in [0.3, 0.4) is 0 Å². The fourth-order valence-electron chi connectivity index (χ4n) is 1.36. The predicted octanol–water partition coefficient (Wildman–Crippen LogP) is 2.05. The molecule has 0 saturated heterocycles. The van der Waals surface area contributed by atoms with Gasteiger partial charge >= 0.3 is 5.97 Å². The lowest BCUT2D eigenvalue weighted by Crippen LogP contribution is -2.15. The predicted molar refractivity (Wildman–Crippen MR) is 70.2 cm³/mol. The van der Waals surface area contributed by atoms with Crippen LogP contribution in [0.2, 0.25) is 0 Å². The largest absolute Gasteiger partial charge is 0.465 e. The number of nitro groups is 1. The third-order valence-corrected chi connectivity index (χ3v) is 3.65. The van der Waals surface area contributed by atoms with E-state index in [9.17, 15) is 19.1 Å². The number of rotatable bonds is 7. The average Bonchev–Trinajstić information content (AvgIpc) is 2.39. The number of nitro benzene ring substituents is 1. The standard InChI is InChI=1S/C12H15NO5S/c1-2-3-8-18-12(14)9-19(17)11-7-5-4-6-10(11)13(15)16/h4-7H,2-3,8-9H2,1H3/t19-/m1/s1. The van der Waals surface area contributed by atoms with E-state index in [2.05, 4.69) is 0 Å². The van der Waals surface area contributed by atoms with Gasteiger partial charge in [0.05, 0.1) is 22.3 Å². The van der Waals surface area contributed by atoms with Gasteiger partial charge in [-0.15, -0.1) is 0 Å². The van der Waals surface area contributed by atoms with E-state index in [1.165, 1.54) is 18.2 Å². The molecule has 6 nitrogen and oxygen atoms in total. The molecule has 19 heavy (non-hydrogen) atoms. The number of carbonyl (C=O) groups excluding carboxylic acids is 1. The molecule has 0 unspecified atom stereocenters. The summed E-state index contributed by atoms with van der Waals surface area (Å²) in [5.41, 5.74) is -0.248. The van der Waals surface area contributed by atoms with Crippen LogP contribution in [0.25, 0.3) is 0 Å². The van der Waals surface area contributed by atoms with Crippen molar-refractivity contribution < 1.29 is 18.7 Å². The van der Waals surface area contributed by atoms with Crippen LogP contribution < -0.4 is 0 Å². The number of ether oxygens (including phenoxy) is 1. The van der Waals surface area contributed by atoms with Crippen molar-refractivity contribution in [3.8, 4) is 0 Å². The van der Waals surface area contributed by atoms with E-state index < -0.39 is 21.7 Å². The number of nitrogens with zero attached hydrogens (tertiary/aromatic N) is 1. The molecule has 0 radical (unpaired) electrons. The second-order valence-electron chi connectivity index (χ2n) is 3.79. The topological polar surface area (TPSA) is 86.5 Å². The summed E-state index contributed by atoms with van der Waals surface area (Å²) in [5.74, 6) is -0.973. The quantitative estimate of drug-likeness (QED) is 0.331. The van der Waals surface area contributed by atoms with Crippen molar-refractivity contribution >= 4 is 22.5 Å². The zero-order valence-corrected chi connectivity index (χ0v) is 11.4. The van der Waals surface area contributed by atoms with Gasteiger partial charge in [0.15, 0.2) is 0 Å². The van der Waals surface area contributed by atoms with Crippen LogP contribution in [-0.2, 0) is 20.3 Å². The van der Waals surface area contributed by atoms with Crippen LogP contribution in [0, 0.1) is 10.1 Å². The van der Waals surface area contributed by atoms with E-state index in [0.717, 1.165) is 12.8 Å². The first-order valence-corrected chi connectivity index (χ1v) is 7.15. The first kappa shape index (κ1) is 15.3. The van der Waals surface area contributed by atoms with E-state index >= 15 is 0 Å². The van der Waals surface area contributed by atoms with E-state index in [0.29, 0.717) is 0 Å². The Kier molecular flexibility index (Phi) is 6.14. The van der Waals surface area contributed by atoms with Gasteiger partial charge in [-0.1, -0.05) is 25.5 Å². The lowest BCUT2D eigenvalue weighted by Gasteiger charge is -2.04. The second-order valence-corrected chi connectivity index (χ2v) is 5.21. The second kappa shape index (κ2) is 7.63. The molecule has 104 valence electrons. The minimum Gasteiger partial charge on any atom is -0.465 e. The van der Waals surface area contributed by atoms with Crippen molar-refractivity contribution in [3.05, 3.63) is 34.4 Å². The molecular formula is C12H15NO5S. The highest BCUT2D eigenvalue weighted by Crippen LogP contribution is 2.21. The number of unbranched alkanes of at least 4 members (excludes halogenated alkanes) is 1. The third-order valence-electron chi connectivity index (χ3n) is 2.32. The van der Waals surface area contributed by atoms with Crippen LogP contribution in [0.1, 0.15) is 19.8 Å². The molecule has 0 bridgehead atoms. The number of hydrogen-bond acceptors (Lipinski definition) is 5. The summed E-state index contributed by atoms with van der Waals surface area (Å²) in [4.78, 5) is 21.6. The van der Waals surface area contributed by atoms with Gasteiger partial charge < -0.3 is 4.74 Å². The van der Waals surface area contributed by atoms with E-state index in [1.807, 2.05) is 6.92 Å². The molecule has 0 heterocycles. The van der Waals surface area contributed by atoms with Gasteiger partial charge in [0, 0.05) is 6.07 Å². The maximum atomic E-state index is 11.9. The van der Waals surface area contributed by atoms with Gasteiger partial charge in [-0.3, -0.25) is 19.1 Å². The highest BCUT2D eigenvalue weighted by molar-refractivity contribution is 7.85. The van der Waals surface area contributed by atoms with E-state index in [-0.39, 0.29) is 22.9 Å². The lowest BCUT2D eigenvalue weighted by atomic mass is 10.3. The minimum atomic E-state index is -1.77. The molecule has 0 spiro atoms. The van der Waals surface area contributed by atoms with Gasteiger partial charge in [0.25, 0.3) is 5.69 Å². The highest BCUT2D eigenvalue weighted by Gasteiger charge is 2.20. The van der Waals surface area contributed by atoms with Crippen molar-refractivity contribution in [3.63, 3.8) is 0 Å². The number of para-hydroxylation sites is 1. The zero-order valence-electron chi connectivity index (χ0n) is 10.5. The molecule has 0 aromatic heterocycles. The normalized spacial score (nSPS) is 11.8. The number of hydrogen-bond donors (Lipinski definition) is 0. The Morgan fingerprint density at radius 1 is 1.42 bits per heavy atom. The maximum absolute atomic E-state index is 11.9. The van der Waals surface area contributed by atoms with Crippen LogP contribution in [0.4, 0.5) is 5.69 Å². The van der Waals surface area contributed by atoms with Gasteiger partial charge in [0.1, 0.15) is 10.6 Å². The van der Waals surface area contributed by atoms with Crippen molar-refractivity contribution in [2.24, 2.45) is 0 Å². The van der Waals surface area contributed by atoms with Crippen molar-refractivity contribution in [1.29, 1.82) is 0 Å². The van der Waals surface area contributed by atoms with Crippen LogP contribution >= 0.6 is 0 Å². The number of carbonyl (C=O) groups is 1. The van der Waals surface area contributed by atoms with Gasteiger partial charge in [0.2, 0.25) is 0 Å². The Morgan fingerprint density at radius 2 is 2.11 bits per heavy atom. The maximum Gasteiger partial charge on any atom is 0.318 e. The summed E-state index contributed by atoms with van der Waals surface area (Å²) >= 11 is 0. The molecule has 1 rings (SSSR count). The van der Waals surface area contributed by atoms with Gasteiger partial charge in [-0.2, -0.15) is 0 Å². The Morgan fingerprint density at radius 3 is 2.74 bits per heavy atom. The lowest BCUT2D eigenvalue weighted by molar-refractivity contribution is -0.387.